The molecule has 4 N–H and O–H groups in total. The second kappa shape index (κ2) is 9.67. The van der Waals surface area contributed by atoms with Gasteiger partial charge in [-0.15, -0.1) is 12.4 Å². The van der Waals surface area contributed by atoms with E-state index >= 15 is 0 Å². The number of benzene rings is 1. The van der Waals surface area contributed by atoms with Gasteiger partial charge in [0.15, 0.2) is 0 Å². The molecule has 1 aromatic carbocycles. The van der Waals surface area contributed by atoms with E-state index in [0.717, 1.165) is 12.1 Å². The summed E-state index contributed by atoms with van der Waals surface area (Å²) in [5, 5.41) is 5.31. The summed E-state index contributed by atoms with van der Waals surface area (Å²) in [6, 6.07) is 3.05. The monoisotopic (exact) mass is 436 g/mol. The first kappa shape index (κ1) is 25.0. The van der Waals surface area contributed by atoms with E-state index in [1.807, 2.05) is 20.8 Å². The summed E-state index contributed by atoms with van der Waals surface area (Å²) in [4.78, 5) is 26.2. The molecule has 0 aromatic heterocycles. The standard InChI is InChI=1S/C19H27F3N4O2.ClH/c1-18(2,3)15(23)16(27)26-10-8-14(9-11-26)25-17(28)24-13-6-4-12(5-7-13)19(20,21)22;/h4-7,14-15H,8-11,23H2,1-3H3,(H2,24,25,28);1H/t15-;/m1./s1. The summed E-state index contributed by atoms with van der Waals surface area (Å²) in [7, 11) is 0. The van der Waals surface area contributed by atoms with E-state index in [2.05, 4.69) is 10.6 Å². The third kappa shape index (κ3) is 7.08. The van der Waals surface area contributed by atoms with Crippen LogP contribution in [-0.4, -0.2) is 42.0 Å². The normalized spacial score (nSPS) is 16.6. The van der Waals surface area contributed by atoms with Gasteiger partial charge >= 0.3 is 12.2 Å². The van der Waals surface area contributed by atoms with Crippen molar-refractivity contribution >= 4 is 30.0 Å². The molecular weight excluding hydrogens is 409 g/mol. The van der Waals surface area contributed by atoms with Crippen LogP contribution in [0.4, 0.5) is 23.7 Å². The molecule has 1 aliphatic rings. The van der Waals surface area contributed by atoms with Crippen molar-refractivity contribution in [3.05, 3.63) is 29.8 Å². The maximum Gasteiger partial charge on any atom is 0.416 e. The number of likely N-dealkylation sites (tertiary alicyclic amines) is 1. The Hall–Kier alpha value is -2.00. The van der Waals surface area contributed by atoms with E-state index in [1.165, 1.54) is 12.1 Å². The molecule has 6 nitrogen and oxygen atoms in total. The molecule has 1 fully saturated rings. The number of nitrogens with one attached hydrogen (secondary N) is 2. The number of alkyl halides is 3. The van der Waals surface area contributed by atoms with Gasteiger partial charge in [0, 0.05) is 24.8 Å². The van der Waals surface area contributed by atoms with Gasteiger partial charge in [0.1, 0.15) is 0 Å². The number of amides is 3. The summed E-state index contributed by atoms with van der Waals surface area (Å²) < 4.78 is 37.7. The van der Waals surface area contributed by atoms with E-state index in [1.54, 1.807) is 4.90 Å². The summed E-state index contributed by atoms with van der Waals surface area (Å²) in [5.41, 5.74) is 5.20. The number of nitrogens with two attached hydrogens (primary N) is 1. The molecule has 3 amide bonds. The molecule has 0 radical (unpaired) electrons. The fraction of sp³-hybridized carbons (Fsp3) is 0.579. The van der Waals surface area contributed by atoms with Gasteiger partial charge in [0.25, 0.3) is 0 Å². The van der Waals surface area contributed by atoms with Crippen LogP contribution in [0, 0.1) is 5.41 Å². The van der Waals surface area contributed by atoms with Gasteiger partial charge in [0.05, 0.1) is 11.6 Å². The maximum absolute atomic E-state index is 12.6. The highest BCUT2D eigenvalue weighted by Gasteiger charge is 2.33. The molecule has 10 heteroatoms. The number of rotatable bonds is 3. The number of urea groups is 1. The first-order valence-electron chi connectivity index (χ1n) is 9.17. The van der Waals surface area contributed by atoms with Gasteiger partial charge in [-0.05, 0) is 42.5 Å². The van der Waals surface area contributed by atoms with E-state index in [-0.39, 0.29) is 35.5 Å². The van der Waals surface area contributed by atoms with Crippen LogP contribution in [0.1, 0.15) is 39.2 Å². The number of hydrogen-bond acceptors (Lipinski definition) is 3. The molecule has 2 rings (SSSR count). The van der Waals surface area contributed by atoms with Crippen molar-refractivity contribution in [2.45, 2.75) is 51.9 Å². The molecule has 1 heterocycles. The maximum atomic E-state index is 12.6. The third-order valence-electron chi connectivity index (χ3n) is 4.81. The van der Waals surface area contributed by atoms with Crippen molar-refractivity contribution in [3.63, 3.8) is 0 Å². The topological polar surface area (TPSA) is 87.5 Å². The van der Waals surface area contributed by atoms with Crippen molar-refractivity contribution in [3.8, 4) is 0 Å². The predicted octanol–water partition coefficient (Wildman–Crippen LogP) is 3.61. The molecule has 1 atom stereocenters. The highest BCUT2D eigenvalue weighted by atomic mass is 35.5. The summed E-state index contributed by atoms with van der Waals surface area (Å²) in [6.45, 7) is 6.72. The SMILES string of the molecule is CC(C)(C)[C@H](N)C(=O)N1CCC(NC(=O)Nc2ccc(C(F)(F)F)cc2)CC1.Cl. The fourth-order valence-corrected chi connectivity index (χ4v) is 2.91. The van der Waals surface area contributed by atoms with Gasteiger partial charge < -0.3 is 21.3 Å². The second-order valence-electron chi connectivity index (χ2n) is 8.12. The molecule has 0 saturated carbocycles. The summed E-state index contributed by atoms with van der Waals surface area (Å²) in [6.07, 6.45) is -3.24. The molecule has 164 valence electrons. The molecule has 1 aromatic rings. The Morgan fingerprint density at radius 2 is 1.62 bits per heavy atom. The lowest BCUT2D eigenvalue weighted by atomic mass is 9.86. The first-order chi connectivity index (χ1) is 12.9. The molecule has 0 spiro atoms. The zero-order valence-electron chi connectivity index (χ0n) is 16.7. The highest BCUT2D eigenvalue weighted by Crippen LogP contribution is 2.29. The fourth-order valence-electron chi connectivity index (χ4n) is 2.91. The molecule has 1 saturated heterocycles. The predicted molar refractivity (Wildman–Crippen MR) is 108 cm³/mol. The Kier molecular flexibility index (Phi) is 8.35. The second-order valence-corrected chi connectivity index (χ2v) is 8.12. The first-order valence-corrected chi connectivity index (χ1v) is 9.17. The van der Waals surface area contributed by atoms with Gasteiger partial charge in [-0.1, -0.05) is 20.8 Å². The van der Waals surface area contributed by atoms with Crippen LogP contribution in [0.25, 0.3) is 0 Å². The van der Waals surface area contributed by atoms with Crippen LogP contribution in [0.2, 0.25) is 0 Å². The zero-order valence-corrected chi connectivity index (χ0v) is 17.5. The molecule has 0 unspecified atom stereocenters. The minimum absolute atomic E-state index is 0. The number of hydrogen-bond donors (Lipinski definition) is 3. The lowest BCUT2D eigenvalue weighted by Crippen LogP contribution is -2.54. The van der Waals surface area contributed by atoms with Crippen LogP contribution >= 0.6 is 12.4 Å². The number of anilines is 1. The Labute approximate surface area is 174 Å². The van der Waals surface area contributed by atoms with Crippen molar-refractivity contribution in [2.75, 3.05) is 18.4 Å². The van der Waals surface area contributed by atoms with Crippen LogP contribution in [0.3, 0.4) is 0 Å². The van der Waals surface area contributed by atoms with E-state index < -0.39 is 23.8 Å². The molecule has 29 heavy (non-hydrogen) atoms. The van der Waals surface area contributed by atoms with Crippen molar-refractivity contribution in [1.82, 2.24) is 10.2 Å². The van der Waals surface area contributed by atoms with Gasteiger partial charge in [-0.25, -0.2) is 4.79 Å². The number of nitrogens with zero attached hydrogens (tertiary/aromatic N) is 1. The average molecular weight is 437 g/mol. The van der Waals surface area contributed by atoms with Crippen LogP contribution < -0.4 is 16.4 Å². The highest BCUT2D eigenvalue weighted by molar-refractivity contribution is 5.89. The molecular formula is C19H28ClF3N4O2. The van der Waals surface area contributed by atoms with Gasteiger partial charge in [-0.3, -0.25) is 4.79 Å². The van der Waals surface area contributed by atoms with Crippen LogP contribution in [0.15, 0.2) is 24.3 Å². The number of carbonyl (C=O) groups excluding carboxylic acids is 2. The number of carbonyl (C=O) groups is 2. The minimum Gasteiger partial charge on any atom is -0.341 e. The van der Waals surface area contributed by atoms with Crippen molar-refractivity contribution in [2.24, 2.45) is 11.1 Å². The third-order valence-corrected chi connectivity index (χ3v) is 4.81. The lowest BCUT2D eigenvalue weighted by Gasteiger charge is -2.36. The lowest BCUT2D eigenvalue weighted by molar-refractivity contribution is -0.137. The Morgan fingerprint density at radius 3 is 2.07 bits per heavy atom. The largest absolute Gasteiger partial charge is 0.416 e. The average Bonchev–Trinajstić information content (AvgIpc) is 2.60. The Morgan fingerprint density at radius 1 is 1.10 bits per heavy atom. The van der Waals surface area contributed by atoms with E-state index in [9.17, 15) is 22.8 Å². The Balaban J connectivity index is 0.00000420. The minimum atomic E-state index is -4.41. The van der Waals surface area contributed by atoms with E-state index in [4.69, 9.17) is 5.73 Å². The molecule has 0 bridgehead atoms. The quantitative estimate of drug-likeness (QED) is 0.676. The van der Waals surface area contributed by atoms with Crippen LogP contribution in [0.5, 0.6) is 0 Å². The Bertz CT molecular complexity index is 697. The van der Waals surface area contributed by atoms with Gasteiger partial charge in [-0.2, -0.15) is 13.2 Å². The zero-order chi connectivity index (χ0) is 21.1. The van der Waals surface area contributed by atoms with Gasteiger partial charge in [0.2, 0.25) is 5.91 Å². The summed E-state index contributed by atoms with van der Waals surface area (Å²) in [5.74, 6) is -0.0971. The number of piperidine rings is 1. The van der Waals surface area contributed by atoms with Crippen molar-refractivity contribution < 1.29 is 22.8 Å². The molecule has 0 aliphatic carbocycles. The van der Waals surface area contributed by atoms with Crippen LogP contribution in [-0.2, 0) is 11.0 Å². The summed E-state index contributed by atoms with van der Waals surface area (Å²) >= 11 is 0. The molecule has 1 aliphatic heterocycles. The smallest absolute Gasteiger partial charge is 0.341 e. The number of halogens is 4. The van der Waals surface area contributed by atoms with E-state index in [0.29, 0.717) is 25.9 Å². The van der Waals surface area contributed by atoms with Crippen molar-refractivity contribution in [1.29, 1.82) is 0 Å².